The normalized spacial score (nSPS) is 20.2. The summed E-state index contributed by atoms with van der Waals surface area (Å²) < 4.78 is 39.5. The van der Waals surface area contributed by atoms with Crippen LogP contribution in [0.25, 0.3) is 0 Å². The molecule has 0 spiro atoms. The van der Waals surface area contributed by atoms with Gasteiger partial charge in [-0.15, -0.1) is 11.8 Å². The minimum atomic E-state index is -4.02. The van der Waals surface area contributed by atoms with Gasteiger partial charge < -0.3 is 15.2 Å². The standard InChI is InChI=1S/C15H20N2O5S.C7H8O3S/c1-15(2,3)22-14(20)11-8(5-6-9(18)21-4)7-23-13-10(16)12(19)17(11)13;1-6-2-4-7(5-3-6)11(8,9)10/h5-6,10,13H,7,16H2,1-4H3;2-5H,1H3,(H,8,9,10)/t10?,13-;/m1./s1. The molecule has 3 rings (SSSR count). The first-order valence-corrected chi connectivity index (χ1v) is 12.6. The number of methoxy groups -OCH3 is 1. The van der Waals surface area contributed by atoms with Gasteiger partial charge in [-0.3, -0.25) is 14.2 Å². The fraction of sp³-hybridized carbons (Fsp3) is 0.409. The maximum absolute atomic E-state index is 12.5. The lowest BCUT2D eigenvalue weighted by Crippen LogP contribution is -2.68. The number of fused-ring (bicyclic) bond motifs is 1. The van der Waals surface area contributed by atoms with Crippen LogP contribution in [0.1, 0.15) is 26.3 Å². The molecule has 2 heterocycles. The lowest BCUT2D eigenvalue weighted by molar-refractivity contribution is -0.157. The summed E-state index contributed by atoms with van der Waals surface area (Å²) in [6.45, 7) is 7.07. The number of rotatable bonds is 4. The van der Waals surface area contributed by atoms with E-state index in [-0.39, 0.29) is 21.9 Å². The van der Waals surface area contributed by atoms with E-state index >= 15 is 0 Å². The highest BCUT2D eigenvalue weighted by Crippen LogP contribution is 2.40. The summed E-state index contributed by atoms with van der Waals surface area (Å²) in [4.78, 5) is 37.1. The van der Waals surface area contributed by atoms with Gasteiger partial charge in [-0.25, -0.2) is 9.59 Å². The molecule has 2 atom stereocenters. The SMILES string of the molecule is COC(=O)C=CC1=C(C(=O)OC(C)(C)C)N2C(=O)C(N)[C@H]2SC1.Cc1ccc(S(=O)(=O)O)cc1. The zero-order valence-corrected chi connectivity index (χ0v) is 21.1. The third-order valence-corrected chi connectivity index (χ3v) is 6.76. The molecule has 0 bridgehead atoms. The summed E-state index contributed by atoms with van der Waals surface area (Å²) in [5.74, 6) is -1.02. The molecule has 186 valence electrons. The maximum atomic E-state index is 12.5. The molecule has 1 saturated heterocycles. The number of carbonyl (C=O) groups is 3. The van der Waals surface area contributed by atoms with Crippen molar-refractivity contribution in [2.75, 3.05) is 12.9 Å². The van der Waals surface area contributed by atoms with Crippen molar-refractivity contribution >= 4 is 39.7 Å². The molecule has 2 aliphatic rings. The Morgan fingerprint density at radius 2 is 1.82 bits per heavy atom. The summed E-state index contributed by atoms with van der Waals surface area (Å²) in [7, 11) is -2.76. The van der Waals surface area contributed by atoms with E-state index in [9.17, 15) is 22.8 Å². The Morgan fingerprint density at radius 1 is 1.24 bits per heavy atom. The van der Waals surface area contributed by atoms with Crippen LogP contribution < -0.4 is 5.73 Å². The molecule has 0 aliphatic carbocycles. The maximum Gasteiger partial charge on any atom is 0.355 e. The lowest BCUT2D eigenvalue weighted by atomic mass is 10.0. The molecule has 0 aromatic heterocycles. The van der Waals surface area contributed by atoms with E-state index in [2.05, 4.69) is 4.74 Å². The summed E-state index contributed by atoms with van der Waals surface area (Å²) in [6, 6.07) is 5.37. The zero-order chi connectivity index (χ0) is 25.8. The molecule has 1 amide bonds. The number of β-lactam (4-membered cyclic amide) rings is 1. The van der Waals surface area contributed by atoms with Gasteiger partial charge in [0.15, 0.2) is 0 Å². The van der Waals surface area contributed by atoms with Crippen molar-refractivity contribution in [1.82, 2.24) is 4.90 Å². The first-order chi connectivity index (χ1) is 15.7. The van der Waals surface area contributed by atoms with Crippen molar-refractivity contribution in [3.8, 4) is 0 Å². The molecule has 34 heavy (non-hydrogen) atoms. The highest BCUT2D eigenvalue weighted by molar-refractivity contribution is 8.00. The van der Waals surface area contributed by atoms with Crippen LogP contribution in [0.15, 0.2) is 52.6 Å². The number of nitrogens with zero attached hydrogens (tertiary/aromatic N) is 1. The van der Waals surface area contributed by atoms with E-state index in [4.69, 9.17) is 15.0 Å². The molecular formula is C22H28N2O8S2. The predicted octanol–water partition coefficient (Wildman–Crippen LogP) is 1.80. The van der Waals surface area contributed by atoms with Gasteiger partial charge in [0.05, 0.1) is 12.0 Å². The van der Waals surface area contributed by atoms with Gasteiger partial charge in [0.25, 0.3) is 10.1 Å². The molecule has 0 radical (unpaired) electrons. The van der Waals surface area contributed by atoms with Crippen molar-refractivity contribution in [2.45, 2.75) is 49.6 Å². The second kappa shape index (κ2) is 10.7. The smallest absolute Gasteiger partial charge is 0.355 e. The Hall–Kier alpha value is -2.67. The number of hydrogen-bond donors (Lipinski definition) is 2. The first kappa shape index (κ1) is 27.6. The third kappa shape index (κ3) is 6.92. The molecule has 12 heteroatoms. The average molecular weight is 513 g/mol. The minimum Gasteiger partial charge on any atom is -0.466 e. The molecular weight excluding hydrogens is 484 g/mol. The molecule has 10 nitrogen and oxygen atoms in total. The number of aryl methyl sites for hydroxylation is 1. The van der Waals surface area contributed by atoms with E-state index in [0.29, 0.717) is 11.3 Å². The van der Waals surface area contributed by atoms with E-state index in [1.807, 2.05) is 6.92 Å². The largest absolute Gasteiger partial charge is 0.466 e. The van der Waals surface area contributed by atoms with E-state index < -0.39 is 33.7 Å². The Morgan fingerprint density at radius 3 is 2.32 bits per heavy atom. The Bertz CT molecular complexity index is 1120. The van der Waals surface area contributed by atoms with Gasteiger partial charge in [0, 0.05) is 11.8 Å². The van der Waals surface area contributed by atoms with E-state index in [1.165, 1.54) is 48.1 Å². The van der Waals surface area contributed by atoms with Crippen LogP contribution in [0.4, 0.5) is 0 Å². The van der Waals surface area contributed by atoms with Crippen LogP contribution in [0.3, 0.4) is 0 Å². The number of esters is 2. The number of hydrogen-bond acceptors (Lipinski definition) is 9. The topological polar surface area (TPSA) is 153 Å². The molecule has 0 saturated carbocycles. The van der Waals surface area contributed by atoms with Gasteiger partial charge in [0.2, 0.25) is 5.91 Å². The molecule has 3 N–H and O–H groups in total. The second-order valence-corrected chi connectivity index (χ2v) is 11.0. The quantitative estimate of drug-likeness (QED) is 0.264. The van der Waals surface area contributed by atoms with Crippen molar-refractivity contribution in [2.24, 2.45) is 5.73 Å². The summed E-state index contributed by atoms with van der Waals surface area (Å²) in [5, 5.41) is -0.278. The molecule has 1 unspecified atom stereocenters. The Balaban J connectivity index is 0.000000310. The van der Waals surface area contributed by atoms with Crippen molar-refractivity contribution in [3.05, 3.63) is 53.3 Å². The summed E-state index contributed by atoms with van der Waals surface area (Å²) >= 11 is 1.44. The summed E-state index contributed by atoms with van der Waals surface area (Å²) in [5.41, 5.74) is 6.72. The number of allylic oxidation sites excluding steroid dienone is 1. The highest BCUT2D eigenvalue weighted by atomic mass is 32.2. The monoisotopic (exact) mass is 512 g/mol. The predicted molar refractivity (Wildman–Crippen MR) is 126 cm³/mol. The van der Waals surface area contributed by atoms with E-state index in [0.717, 1.165) is 5.56 Å². The molecule has 1 aromatic carbocycles. The fourth-order valence-electron chi connectivity index (χ4n) is 2.93. The minimum absolute atomic E-state index is 0.0666. The number of thioether (sulfide) groups is 1. The average Bonchev–Trinajstić information content (AvgIpc) is 2.75. The van der Waals surface area contributed by atoms with Crippen LogP contribution in [-0.2, 0) is 34.0 Å². The first-order valence-electron chi connectivity index (χ1n) is 10.1. The summed E-state index contributed by atoms with van der Waals surface area (Å²) in [6.07, 6.45) is 2.69. The second-order valence-electron chi connectivity index (χ2n) is 8.46. The molecule has 1 aromatic rings. The van der Waals surface area contributed by atoms with Crippen LogP contribution >= 0.6 is 11.8 Å². The van der Waals surface area contributed by atoms with Crippen molar-refractivity contribution in [1.29, 1.82) is 0 Å². The number of benzene rings is 1. The van der Waals surface area contributed by atoms with Crippen LogP contribution in [-0.4, -0.2) is 65.6 Å². The van der Waals surface area contributed by atoms with Gasteiger partial charge in [-0.1, -0.05) is 17.7 Å². The van der Waals surface area contributed by atoms with Gasteiger partial charge in [-0.05, 0) is 51.5 Å². The van der Waals surface area contributed by atoms with Crippen molar-refractivity contribution in [3.63, 3.8) is 0 Å². The van der Waals surface area contributed by atoms with Gasteiger partial charge >= 0.3 is 11.9 Å². The lowest BCUT2D eigenvalue weighted by Gasteiger charge is -2.48. The Labute approximate surface area is 202 Å². The highest BCUT2D eigenvalue weighted by Gasteiger charge is 2.52. The fourth-order valence-corrected chi connectivity index (χ4v) is 4.68. The zero-order valence-electron chi connectivity index (χ0n) is 19.5. The van der Waals surface area contributed by atoms with Crippen molar-refractivity contribution < 1.29 is 36.8 Å². The number of ether oxygens (including phenoxy) is 2. The van der Waals surface area contributed by atoms with Crippen LogP contribution in [0, 0.1) is 6.92 Å². The third-order valence-electron chi connectivity index (χ3n) is 4.57. The van der Waals surface area contributed by atoms with Crippen LogP contribution in [0.5, 0.6) is 0 Å². The number of amides is 1. The molecule has 2 aliphatic heterocycles. The number of nitrogens with two attached hydrogens (primary N) is 1. The number of carbonyl (C=O) groups excluding carboxylic acids is 3. The molecule has 1 fully saturated rings. The van der Waals surface area contributed by atoms with Gasteiger partial charge in [-0.2, -0.15) is 8.42 Å². The van der Waals surface area contributed by atoms with Crippen LogP contribution in [0.2, 0.25) is 0 Å². The van der Waals surface area contributed by atoms with Gasteiger partial charge in [0.1, 0.15) is 22.7 Å². The Kier molecular flexibility index (Phi) is 8.70. The van der Waals surface area contributed by atoms with E-state index in [1.54, 1.807) is 32.9 Å².